The second-order valence-corrected chi connectivity index (χ2v) is 15.2. The van der Waals surface area contributed by atoms with Crippen molar-refractivity contribution in [2.24, 2.45) is 0 Å². The van der Waals surface area contributed by atoms with Gasteiger partial charge in [-0.15, -0.1) is 11.3 Å². The van der Waals surface area contributed by atoms with E-state index in [-0.39, 0.29) is 5.41 Å². The van der Waals surface area contributed by atoms with E-state index in [9.17, 15) is 0 Å². The molecule has 0 fully saturated rings. The van der Waals surface area contributed by atoms with Crippen LogP contribution in [-0.4, -0.2) is 0 Å². The number of nitrogens with zero attached hydrogens (tertiary/aromatic N) is 1. The van der Waals surface area contributed by atoms with Gasteiger partial charge >= 0.3 is 0 Å². The van der Waals surface area contributed by atoms with Crippen LogP contribution in [0, 0.1) is 0 Å². The van der Waals surface area contributed by atoms with Crippen molar-refractivity contribution in [3.63, 3.8) is 0 Å². The maximum Gasteiger partial charge on any atom is 0.0508 e. The Balaban J connectivity index is 1.14. The number of anilines is 3. The lowest BCUT2D eigenvalue weighted by Crippen LogP contribution is -2.20. The van der Waals surface area contributed by atoms with Crippen molar-refractivity contribution in [1.82, 2.24) is 0 Å². The first-order chi connectivity index (χ1) is 25.0. The smallest absolute Gasteiger partial charge is 0.0508 e. The SMILES string of the molecule is CC1(C)c2ccccc2-c2cccc(N(c3ccc(-c4ccc5c(c4)sc4ccccc45)cc3)c3cccc(-c4cccc5ccccc45)c3)c21. The number of fused-ring (bicyclic) bond motifs is 7. The maximum absolute atomic E-state index is 2.47. The van der Waals surface area contributed by atoms with E-state index in [0.29, 0.717) is 0 Å². The van der Waals surface area contributed by atoms with Gasteiger partial charge in [0.05, 0.1) is 5.69 Å². The average Bonchev–Trinajstić information content (AvgIpc) is 3.67. The molecule has 0 saturated heterocycles. The van der Waals surface area contributed by atoms with Crippen LogP contribution < -0.4 is 4.90 Å². The molecule has 1 aliphatic rings. The number of hydrogen-bond donors (Lipinski definition) is 0. The molecule has 51 heavy (non-hydrogen) atoms. The molecule has 1 aliphatic carbocycles. The molecule has 0 amide bonds. The largest absolute Gasteiger partial charge is 0.310 e. The van der Waals surface area contributed by atoms with Crippen molar-refractivity contribution in [2.45, 2.75) is 19.3 Å². The average molecular weight is 670 g/mol. The molecular formula is C49H35NS. The van der Waals surface area contributed by atoms with Gasteiger partial charge in [-0.05, 0) is 97.7 Å². The second kappa shape index (κ2) is 11.6. The Kier molecular flexibility index (Phi) is 6.78. The normalized spacial score (nSPS) is 13.1. The zero-order valence-electron chi connectivity index (χ0n) is 28.6. The summed E-state index contributed by atoms with van der Waals surface area (Å²) in [6.45, 7) is 4.75. The van der Waals surface area contributed by atoms with E-state index >= 15 is 0 Å². The van der Waals surface area contributed by atoms with Crippen molar-refractivity contribution >= 4 is 59.3 Å². The van der Waals surface area contributed by atoms with Gasteiger partial charge < -0.3 is 4.90 Å². The zero-order valence-corrected chi connectivity index (χ0v) is 29.4. The maximum atomic E-state index is 2.47. The molecule has 242 valence electrons. The summed E-state index contributed by atoms with van der Waals surface area (Å²) in [4.78, 5) is 2.47. The van der Waals surface area contributed by atoms with Gasteiger partial charge in [0, 0.05) is 37.0 Å². The van der Waals surface area contributed by atoms with E-state index < -0.39 is 0 Å². The fraction of sp³-hybridized carbons (Fsp3) is 0.0612. The minimum Gasteiger partial charge on any atom is -0.310 e. The van der Waals surface area contributed by atoms with Crippen LogP contribution in [0.3, 0.4) is 0 Å². The van der Waals surface area contributed by atoms with Crippen molar-refractivity contribution in [3.05, 3.63) is 187 Å². The lowest BCUT2D eigenvalue weighted by Gasteiger charge is -2.32. The van der Waals surface area contributed by atoms with E-state index in [1.807, 2.05) is 11.3 Å². The van der Waals surface area contributed by atoms with Gasteiger partial charge in [-0.3, -0.25) is 0 Å². The molecule has 0 saturated carbocycles. The first kappa shape index (κ1) is 29.9. The van der Waals surface area contributed by atoms with Crippen molar-refractivity contribution < 1.29 is 0 Å². The quantitative estimate of drug-likeness (QED) is 0.176. The molecule has 2 heteroatoms. The van der Waals surface area contributed by atoms with Crippen molar-refractivity contribution in [3.8, 4) is 33.4 Å². The molecule has 0 bridgehead atoms. The molecule has 0 spiro atoms. The molecule has 1 heterocycles. The van der Waals surface area contributed by atoms with E-state index in [1.165, 1.54) is 81.1 Å². The van der Waals surface area contributed by atoms with Crippen LogP contribution in [0.1, 0.15) is 25.0 Å². The van der Waals surface area contributed by atoms with Crippen LogP contribution >= 0.6 is 11.3 Å². The summed E-state index contributed by atoms with van der Waals surface area (Å²) < 4.78 is 2.66. The monoisotopic (exact) mass is 669 g/mol. The zero-order chi connectivity index (χ0) is 34.1. The van der Waals surface area contributed by atoms with Crippen LogP contribution in [0.4, 0.5) is 17.1 Å². The van der Waals surface area contributed by atoms with Crippen LogP contribution in [0.25, 0.3) is 64.3 Å². The van der Waals surface area contributed by atoms with Gasteiger partial charge in [0.25, 0.3) is 0 Å². The summed E-state index contributed by atoms with van der Waals surface area (Å²) in [5.74, 6) is 0. The molecule has 8 aromatic carbocycles. The number of benzene rings is 8. The standard InChI is InChI=1S/C49H35NS/c1-49(2)44-21-7-5-17-40(44)43-20-11-22-45(48(43)49)50(37-15-9-14-35(30-37)39-19-10-13-33-12-3-4-16-38(33)39)36-27-24-32(25-28-36)34-26-29-42-41-18-6-8-23-46(41)51-47(42)31-34/h3-31H,1-2H3. The van der Waals surface area contributed by atoms with E-state index in [0.717, 1.165) is 11.4 Å². The highest BCUT2D eigenvalue weighted by Gasteiger charge is 2.38. The molecule has 1 nitrogen and oxygen atoms in total. The van der Waals surface area contributed by atoms with E-state index in [4.69, 9.17) is 0 Å². The molecule has 10 rings (SSSR count). The lowest BCUT2D eigenvalue weighted by atomic mass is 9.81. The first-order valence-electron chi connectivity index (χ1n) is 17.7. The fourth-order valence-corrected chi connectivity index (χ4v) is 9.58. The van der Waals surface area contributed by atoms with Crippen LogP contribution in [-0.2, 0) is 5.41 Å². The number of rotatable bonds is 5. The summed E-state index contributed by atoms with van der Waals surface area (Å²) in [7, 11) is 0. The summed E-state index contributed by atoms with van der Waals surface area (Å²) in [6.07, 6.45) is 0. The summed E-state index contributed by atoms with van der Waals surface area (Å²) in [5, 5.41) is 5.18. The van der Waals surface area contributed by atoms with Crippen LogP contribution in [0.15, 0.2) is 176 Å². The topological polar surface area (TPSA) is 3.24 Å². The minimum absolute atomic E-state index is 0.159. The highest BCUT2D eigenvalue weighted by Crippen LogP contribution is 2.54. The first-order valence-corrected chi connectivity index (χ1v) is 18.5. The van der Waals surface area contributed by atoms with E-state index in [1.54, 1.807) is 0 Å². The number of hydrogen-bond acceptors (Lipinski definition) is 2. The van der Waals surface area contributed by atoms with Crippen LogP contribution in [0.5, 0.6) is 0 Å². The molecule has 0 unspecified atom stereocenters. The van der Waals surface area contributed by atoms with Gasteiger partial charge in [-0.2, -0.15) is 0 Å². The van der Waals surface area contributed by atoms with E-state index in [2.05, 4.69) is 195 Å². The Labute approximate surface area is 302 Å². The number of thiophene rings is 1. The summed E-state index contributed by atoms with van der Waals surface area (Å²) in [5.41, 5.74) is 13.6. The Bertz CT molecular complexity index is 2780. The van der Waals surface area contributed by atoms with Gasteiger partial charge in [-0.25, -0.2) is 0 Å². The summed E-state index contributed by atoms with van der Waals surface area (Å²) >= 11 is 1.87. The highest BCUT2D eigenvalue weighted by molar-refractivity contribution is 7.25. The summed E-state index contributed by atoms with van der Waals surface area (Å²) in [6, 6.07) is 64.9. The Morgan fingerprint density at radius 2 is 1.10 bits per heavy atom. The third-order valence-corrected chi connectivity index (χ3v) is 12.0. The molecule has 1 aromatic heterocycles. The predicted molar refractivity (Wildman–Crippen MR) is 220 cm³/mol. The second-order valence-electron chi connectivity index (χ2n) is 14.1. The lowest BCUT2D eigenvalue weighted by molar-refractivity contribution is 0.661. The molecule has 9 aromatic rings. The highest BCUT2D eigenvalue weighted by atomic mass is 32.1. The molecule has 0 N–H and O–H groups in total. The molecule has 0 atom stereocenters. The Morgan fingerprint density at radius 3 is 2.00 bits per heavy atom. The van der Waals surface area contributed by atoms with Gasteiger partial charge in [0.2, 0.25) is 0 Å². The fourth-order valence-electron chi connectivity index (χ4n) is 8.43. The molecule has 0 aliphatic heterocycles. The van der Waals surface area contributed by atoms with Gasteiger partial charge in [0.1, 0.15) is 0 Å². The third kappa shape index (κ3) is 4.75. The molecule has 0 radical (unpaired) electrons. The van der Waals surface area contributed by atoms with Gasteiger partial charge in [-0.1, -0.05) is 147 Å². The third-order valence-electron chi connectivity index (χ3n) is 10.8. The molecular weight excluding hydrogens is 635 g/mol. The van der Waals surface area contributed by atoms with Gasteiger partial charge in [0.15, 0.2) is 0 Å². The van der Waals surface area contributed by atoms with Crippen molar-refractivity contribution in [2.75, 3.05) is 4.90 Å². The minimum atomic E-state index is -0.159. The van der Waals surface area contributed by atoms with Crippen molar-refractivity contribution in [1.29, 1.82) is 0 Å². The van der Waals surface area contributed by atoms with Crippen LogP contribution in [0.2, 0.25) is 0 Å². The predicted octanol–water partition coefficient (Wildman–Crippen LogP) is 14.3. The Morgan fingerprint density at radius 1 is 0.431 bits per heavy atom. The Hall–Kier alpha value is -5.96.